The van der Waals surface area contributed by atoms with E-state index in [1.807, 2.05) is 24.3 Å². The Hall–Kier alpha value is -1.10. The average molecular weight is 264 g/mol. The predicted octanol–water partition coefficient (Wildman–Crippen LogP) is 1.80. The van der Waals surface area contributed by atoms with Crippen LogP contribution < -0.4 is 5.73 Å². The van der Waals surface area contributed by atoms with Gasteiger partial charge in [0.2, 0.25) is 0 Å². The van der Waals surface area contributed by atoms with Crippen LogP contribution in [0.25, 0.3) is 0 Å². The van der Waals surface area contributed by atoms with Crippen LogP contribution in [0.3, 0.4) is 0 Å². The molecule has 1 aromatic rings. The number of nitrogens with zero attached hydrogens (tertiary/aromatic N) is 1. The van der Waals surface area contributed by atoms with E-state index in [9.17, 15) is 5.11 Å². The zero-order valence-electron chi connectivity index (χ0n) is 11.6. The van der Waals surface area contributed by atoms with Crippen LogP contribution in [0.1, 0.15) is 31.4 Å². The molecule has 106 valence electrons. The second-order valence-electron chi connectivity index (χ2n) is 5.17. The topological polar surface area (TPSA) is 58.7 Å². The molecule has 2 rings (SSSR count). The molecule has 1 fully saturated rings. The van der Waals surface area contributed by atoms with Gasteiger partial charge in [0.25, 0.3) is 0 Å². The van der Waals surface area contributed by atoms with Crippen LogP contribution in [0.15, 0.2) is 24.3 Å². The van der Waals surface area contributed by atoms with Crippen molar-refractivity contribution in [3.8, 4) is 0 Å². The molecule has 3 N–H and O–H groups in total. The highest BCUT2D eigenvalue weighted by Gasteiger charge is 2.20. The maximum absolute atomic E-state index is 10.3. The second-order valence-corrected chi connectivity index (χ2v) is 5.17. The Labute approximate surface area is 115 Å². The number of likely N-dealkylation sites (N-methyl/N-ethyl adjacent to an activating group) is 1. The SMILES string of the molecule is CCN(CC1CCCO1)CC(O)c1ccc(N)cc1. The van der Waals surface area contributed by atoms with Gasteiger partial charge in [0.05, 0.1) is 12.2 Å². The molecular formula is C15H24N2O2. The molecule has 1 aromatic carbocycles. The Balaban J connectivity index is 1.87. The van der Waals surface area contributed by atoms with Gasteiger partial charge in [-0.25, -0.2) is 0 Å². The first-order valence-corrected chi connectivity index (χ1v) is 7.06. The molecule has 4 nitrogen and oxygen atoms in total. The van der Waals surface area contributed by atoms with E-state index in [4.69, 9.17) is 10.5 Å². The predicted molar refractivity (Wildman–Crippen MR) is 76.9 cm³/mol. The number of ether oxygens (including phenoxy) is 1. The van der Waals surface area contributed by atoms with Crippen LogP contribution in [0.4, 0.5) is 5.69 Å². The van der Waals surface area contributed by atoms with Gasteiger partial charge in [0, 0.05) is 25.4 Å². The van der Waals surface area contributed by atoms with Gasteiger partial charge in [-0.3, -0.25) is 4.90 Å². The molecule has 0 radical (unpaired) electrons. The lowest BCUT2D eigenvalue weighted by atomic mass is 10.1. The van der Waals surface area contributed by atoms with Crippen LogP contribution in [0, 0.1) is 0 Å². The van der Waals surface area contributed by atoms with E-state index in [0.717, 1.165) is 43.8 Å². The van der Waals surface area contributed by atoms with Crippen molar-refractivity contribution in [2.45, 2.75) is 32.0 Å². The Morgan fingerprint density at radius 1 is 1.42 bits per heavy atom. The van der Waals surface area contributed by atoms with Gasteiger partial charge in [-0.05, 0) is 37.1 Å². The first-order chi connectivity index (χ1) is 9.19. The Morgan fingerprint density at radius 3 is 2.74 bits per heavy atom. The van der Waals surface area contributed by atoms with E-state index in [-0.39, 0.29) is 0 Å². The van der Waals surface area contributed by atoms with Crippen molar-refractivity contribution < 1.29 is 9.84 Å². The third-order valence-corrected chi connectivity index (χ3v) is 3.69. The van der Waals surface area contributed by atoms with Crippen molar-refractivity contribution in [3.63, 3.8) is 0 Å². The Kier molecular flexibility index (Phi) is 5.19. The number of aliphatic hydroxyl groups is 1. The minimum Gasteiger partial charge on any atom is -0.399 e. The molecule has 1 aliphatic heterocycles. The van der Waals surface area contributed by atoms with Crippen molar-refractivity contribution in [2.75, 3.05) is 32.0 Å². The van der Waals surface area contributed by atoms with E-state index in [1.54, 1.807) is 0 Å². The molecule has 0 bridgehead atoms. The van der Waals surface area contributed by atoms with E-state index >= 15 is 0 Å². The number of anilines is 1. The molecular weight excluding hydrogens is 240 g/mol. The number of benzene rings is 1. The van der Waals surface area contributed by atoms with Crippen molar-refractivity contribution in [3.05, 3.63) is 29.8 Å². The molecule has 1 aliphatic rings. The summed E-state index contributed by atoms with van der Waals surface area (Å²) in [7, 11) is 0. The normalized spacial score (nSPS) is 20.9. The number of nitrogen functional groups attached to an aromatic ring is 1. The molecule has 0 aromatic heterocycles. The number of nitrogens with two attached hydrogens (primary N) is 1. The summed E-state index contributed by atoms with van der Waals surface area (Å²) in [4.78, 5) is 2.25. The number of rotatable bonds is 6. The summed E-state index contributed by atoms with van der Waals surface area (Å²) in [6.45, 7) is 5.46. The van der Waals surface area contributed by atoms with Crippen LogP contribution in [-0.4, -0.2) is 42.4 Å². The standard InChI is InChI=1S/C15H24N2O2/c1-2-17(10-14-4-3-9-19-14)11-15(18)12-5-7-13(16)8-6-12/h5-8,14-15,18H,2-4,9-11,16H2,1H3. The summed E-state index contributed by atoms with van der Waals surface area (Å²) in [5.74, 6) is 0. The summed E-state index contributed by atoms with van der Waals surface area (Å²) in [5, 5.41) is 10.3. The molecule has 1 heterocycles. The summed E-state index contributed by atoms with van der Waals surface area (Å²) < 4.78 is 5.65. The Bertz CT molecular complexity index is 374. The lowest BCUT2D eigenvalue weighted by Crippen LogP contribution is -2.35. The number of aliphatic hydroxyl groups excluding tert-OH is 1. The molecule has 0 saturated carbocycles. The van der Waals surface area contributed by atoms with Gasteiger partial charge in [-0.1, -0.05) is 19.1 Å². The smallest absolute Gasteiger partial charge is 0.0916 e. The van der Waals surface area contributed by atoms with E-state index in [2.05, 4.69) is 11.8 Å². The average Bonchev–Trinajstić information content (AvgIpc) is 2.91. The molecule has 19 heavy (non-hydrogen) atoms. The van der Waals surface area contributed by atoms with E-state index < -0.39 is 6.10 Å². The summed E-state index contributed by atoms with van der Waals surface area (Å²) >= 11 is 0. The maximum Gasteiger partial charge on any atom is 0.0916 e. The minimum atomic E-state index is -0.470. The fourth-order valence-corrected chi connectivity index (χ4v) is 2.48. The van der Waals surface area contributed by atoms with Gasteiger partial charge >= 0.3 is 0 Å². The van der Waals surface area contributed by atoms with Crippen molar-refractivity contribution >= 4 is 5.69 Å². The Morgan fingerprint density at radius 2 is 2.16 bits per heavy atom. The van der Waals surface area contributed by atoms with Crippen molar-refractivity contribution in [2.24, 2.45) is 0 Å². The fourth-order valence-electron chi connectivity index (χ4n) is 2.48. The highest BCUT2D eigenvalue weighted by Crippen LogP contribution is 2.18. The maximum atomic E-state index is 10.3. The zero-order chi connectivity index (χ0) is 13.7. The molecule has 2 atom stereocenters. The van der Waals surface area contributed by atoms with Crippen LogP contribution in [0.2, 0.25) is 0 Å². The third kappa shape index (κ3) is 4.20. The van der Waals surface area contributed by atoms with Crippen LogP contribution in [-0.2, 0) is 4.74 Å². The van der Waals surface area contributed by atoms with Crippen molar-refractivity contribution in [1.29, 1.82) is 0 Å². The molecule has 4 heteroatoms. The largest absolute Gasteiger partial charge is 0.399 e. The fraction of sp³-hybridized carbons (Fsp3) is 0.600. The lowest BCUT2D eigenvalue weighted by Gasteiger charge is -2.26. The third-order valence-electron chi connectivity index (χ3n) is 3.69. The summed E-state index contributed by atoms with van der Waals surface area (Å²) in [6.07, 6.45) is 2.15. The highest BCUT2D eigenvalue weighted by atomic mass is 16.5. The molecule has 1 saturated heterocycles. The quantitative estimate of drug-likeness (QED) is 0.769. The van der Waals surface area contributed by atoms with Gasteiger partial charge in [-0.2, -0.15) is 0 Å². The summed E-state index contributed by atoms with van der Waals surface area (Å²) in [6, 6.07) is 7.43. The molecule has 0 aliphatic carbocycles. The van der Waals surface area contributed by atoms with Crippen LogP contribution in [0.5, 0.6) is 0 Å². The zero-order valence-corrected chi connectivity index (χ0v) is 11.6. The first kappa shape index (κ1) is 14.3. The first-order valence-electron chi connectivity index (χ1n) is 7.06. The second kappa shape index (κ2) is 6.89. The summed E-state index contributed by atoms with van der Waals surface area (Å²) in [5.41, 5.74) is 7.30. The van der Waals surface area contributed by atoms with Gasteiger partial charge in [0.15, 0.2) is 0 Å². The number of hydrogen-bond donors (Lipinski definition) is 2. The van der Waals surface area contributed by atoms with Gasteiger partial charge in [-0.15, -0.1) is 0 Å². The van der Waals surface area contributed by atoms with Gasteiger partial charge < -0.3 is 15.6 Å². The molecule has 2 unspecified atom stereocenters. The monoisotopic (exact) mass is 264 g/mol. The molecule has 0 spiro atoms. The van der Waals surface area contributed by atoms with Crippen molar-refractivity contribution in [1.82, 2.24) is 4.90 Å². The number of hydrogen-bond acceptors (Lipinski definition) is 4. The minimum absolute atomic E-state index is 0.332. The highest BCUT2D eigenvalue weighted by molar-refractivity contribution is 5.39. The molecule has 0 amide bonds. The van der Waals surface area contributed by atoms with Gasteiger partial charge in [0.1, 0.15) is 0 Å². The van der Waals surface area contributed by atoms with E-state index in [1.165, 1.54) is 0 Å². The lowest BCUT2D eigenvalue weighted by molar-refractivity contribution is 0.0516. The van der Waals surface area contributed by atoms with Crippen LogP contribution >= 0.6 is 0 Å². The van der Waals surface area contributed by atoms with E-state index in [0.29, 0.717) is 12.6 Å².